The lowest BCUT2D eigenvalue weighted by molar-refractivity contribution is -0.0988. The molecule has 0 atom stereocenters. The first-order valence-corrected chi connectivity index (χ1v) is 33.0. The first-order chi connectivity index (χ1) is 35.0. The number of ether oxygens (including phenoxy) is 1. The van der Waals surface area contributed by atoms with Crippen LogP contribution >= 0.6 is 0 Å². The highest BCUT2D eigenvalue weighted by molar-refractivity contribution is 4.95. The number of aliphatic hydroxyl groups is 1. The second kappa shape index (κ2) is 42.5. The van der Waals surface area contributed by atoms with Gasteiger partial charge in [0.1, 0.15) is 0 Å². The third kappa shape index (κ3) is 38.1. The number of hydrogen-bond acceptors (Lipinski definition) is 7. The topological polar surface area (TPSA) is 45.7 Å². The Morgan fingerprint density at radius 1 is 0.387 bits per heavy atom. The molecule has 4 saturated heterocycles. The van der Waals surface area contributed by atoms with E-state index in [0.29, 0.717) is 17.1 Å². The van der Waals surface area contributed by atoms with Crippen LogP contribution in [-0.2, 0) is 4.74 Å². The molecule has 452 valence electrons. The molecule has 4 fully saturated rings. The average molecular weight is 1060 g/mol. The van der Waals surface area contributed by atoms with E-state index in [1.54, 1.807) is 0 Å². The Balaban J connectivity index is 0.000000970. The standard InChI is InChI=1S/2C17H35NO.C17H35N.C16H34N2.CH4/c1-5-6-7-8-9-10-13-18-14-11-16(12-15-18)19-17(2,3)4;1-5-6-7-8-9-10-13-18-14-11-17(19,12-15-18)16(2,3)4;1-5-6-7-8-9-10-13-18-14-11-16(12-15-18)17(2,3)4;1-5-6-7-8-9-10-11-17-12-14-18(15-13-17)16(2,3)4;/h16H,5-15H2,1-4H3;19H,5-15H2,1-4H3;16H,5-15H2,1-4H3;5-15H2,1-4H3;1H4. The molecular weight excluding hydrogens is 919 g/mol. The Kier molecular flexibility index (Phi) is 42.4. The van der Waals surface area contributed by atoms with Crippen molar-refractivity contribution in [2.75, 3.05) is 91.6 Å². The first-order valence-electron chi connectivity index (χ1n) is 33.0. The van der Waals surface area contributed by atoms with Crippen molar-refractivity contribution >= 4 is 0 Å². The van der Waals surface area contributed by atoms with Gasteiger partial charge in [-0.1, -0.05) is 205 Å². The summed E-state index contributed by atoms with van der Waals surface area (Å²) in [6.07, 6.45) is 41.3. The zero-order valence-electron chi connectivity index (χ0n) is 53.9. The molecule has 7 heteroatoms. The summed E-state index contributed by atoms with van der Waals surface area (Å²) in [7, 11) is 0. The lowest BCUT2D eigenvalue weighted by atomic mass is 9.71. The Bertz CT molecular complexity index is 1190. The molecule has 0 aromatic carbocycles. The van der Waals surface area contributed by atoms with Crippen LogP contribution in [0.3, 0.4) is 0 Å². The second-order valence-electron chi connectivity index (χ2n) is 28.4. The number of unbranched alkanes of at least 4 members (excludes halogenated alkanes) is 20. The molecule has 7 nitrogen and oxygen atoms in total. The van der Waals surface area contributed by atoms with E-state index in [1.165, 1.54) is 258 Å². The van der Waals surface area contributed by atoms with Gasteiger partial charge in [-0.25, -0.2) is 0 Å². The summed E-state index contributed by atoms with van der Waals surface area (Å²) in [6.45, 7) is 53.8. The van der Waals surface area contributed by atoms with Crippen molar-refractivity contribution in [3.8, 4) is 0 Å². The lowest BCUT2D eigenvalue weighted by Crippen LogP contribution is -2.53. The predicted molar refractivity (Wildman–Crippen MR) is 337 cm³/mol. The maximum absolute atomic E-state index is 10.7. The van der Waals surface area contributed by atoms with E-state index in [-0.39, 0.29) is 18.4 Å². The molecular formula is C68H143N5O2. The normalized spacial score (nSPS) is 19.3. The van der Waals surface area contributed by atoms with Crippen LogP contribution in [0.2, 0.25) is 0 Å². The fraction of sp³-hybridized carbons (Fsp3) is 1.00. The molecule has 0 spiro atoms. The van der Waals surface area contributed by atoms with Crippen LogP contribution in [0.15, 0.2) is 0 Å². The van der Waals surface area contributed by atoms with Crippen LogP contribution in [0.5, 0.6) is 0 Å². The largest absolute Gasteiger partial charge is 0.389 e. The van der Waals surface area contributed by atoms with Gasteiger partial charge in [0.25, 0.3) is 0 Å². The number of nitrogens with zero attached hydrogens (tertiary/aromatic N) is 5. The summed E-state index contributed by atoms with van der Waals surface area (Å²) in [5, 5.41) is 10.7. The van der Waals surface area contributed by atoms with Gasteiger partial charge >= 0.3 is 0 Å². The number of rotatable bonds is 29. The van der Waals surface area contributed by atoms with Gasteiger partial charge in [-0.15, -0.1) is 0 Å². The highest BCUT2D eigenvalue weighted by Crippen LogP contribution is 2.39. The molecule has 0 aromatic rings. The molecule has 0 unspecified atom stereocenters. The minimum absolute atomic E-state index is 0. The van der Waals surface area contributed by atoms with Crippen LogP contribution in [0.1, 0.15) is 311 Å². The first kappa shape index (κ1) is 74.7. The van der Waals surface area contributed by atoms with E-state index in [9.17, 15) is 5.11 Å². The smallest absolute Gasteiger partial charge is 0.0720 e. The van der Waals surface area contributed by atoms with Gasteiger partial charge < -0.3 is 29.4 Å². The van der Waals surface area contributed by atoms with Crippen LogP contribution in [0, 0.1) is 16.7 Å². The summed E-state index contributed by atoms with van der Waals surface area (Å²) in [5.74, 6) is 0.943. The highest BCUT2D eigenvalue weighted by atomic mass is 16.5. The molecule has 4 rings (SSSR count). The van der Waals surface area contributed by atoms with Gasteiger partial charge in [-0.05, 0) is 162 Å². The fourth-order valence-electron chi connectivity index (χ4n) is 11.8. The van der Waals surface area contributed by atoms with Crippen molar-refractivity contribution in [2.45, 2.75) is 334 Å². The summed E-state index contributed by atoms with van der Waals surface area (Å²) >= 11 is 0. The maximum Gasteiger partial charge on any atom is 0.0720 e. The highest BCUT2D eigenvalue weighted by Gasteiger charge is 2.42. The van der Waals surface area contributed by atoms with Gasteiger partial charge in [0.15, 0.2) is 0 Å². The number of hydrogen-bond donors (Lipinski definition) is 1. The van der Waals surface area contributed by atoms with Gasteiger partial charge in [-0.2, -0.15) is 0 Å². The van der Waals surface area contributed by atoms with E-state index in [1.807, 2.05) is 0 Å². The third-order valence-electron chi connectivity index (χ3n) is 17.6. The van der Waals surface area contributed by atoms with Crippen LogP contribution in [0.25, 0.3) is 0 Å². The molecule has 4 heterocycles. The SMILES string of the molecule is C.CCCCCCCCN1CCC(C(C)(C)C)CC1.CCCCCCCCN1CCC(O)(C(C)(C)C)CC1.CCCCCCCCN1CCC(OC(C)(C)C)CC1.CCCCCCCCN1CCN(C(C)(C)C)CC1. The van der Waals surface area contributed by atoms with Gasteiger partial charge in [0.2, 0.25) is 0 Å². The molecule has 4 aliphatic heterocycles. The van der Waals surface area contributed by atoms with Crippen molar-refractivity contribution < 1.29 is 9.84 Å². The fourth-order valence-corrected chi connectivity index (χ4v) is 11.8. The van der Waals surface area contributed by atoms with E-state index >= 15 is 0 Å². The third-order valence-corrected chi connectivity index (χ3v) is 17.6. The molecule has 0 saturated carbocycles. The molecule has 75 heavy (non-hydrogen) atoms. The minimum atomic E-state index is -0.454. The van der Waals surface area contributed by atoms with Crippen molar-refractivity contribution in [1.82, 2.24) is 24.5 Å². The Hall–Kier alpha value is -0.280. The zero-order valence-corrected chi connectivity index (χ0v) is 53.9. The Morgan fingerprint density at radius 2 is 0.680 bits per heavy atom. The molecule has 0 amide bonds. The van der Waals surface area contributed by atoms with Crippen molar-refractivity contribution in [1.29, 1.82) is 0 Å². The summed E-state index contributed by atoms with van der Waals surface area (Å²) in [4.78, 5) is 13.1. The Morgan fingerprint density at radius 3 is 0.973 bits per heavy atom. The van der Waals surface area contributed by atoms with Crippen molar-refractivity contribution in [3.63, 3.8) is 0 Å². The minimum Gasteiger partial charge on any atom is -0.389 e. The van der Waals surface area contributed by atoms with E-state index in [4.69, 9.17) is 4.74 Å². The molecule has 0 aliphatic carbocycles. The summed E-state index contributed by atoms with van der Waals surface area (Å²) < 4.78 is 6.07. The predicted octanol–water partition coefficient (Wildman–Crippen LogP) is 18.4. The Labute approximate surface area is 474 Å². The quantitative estimate of drug-likeness (QED) is 0.0749. The monoisotopic (exact) mass is 1060 g/mol. The molecule has 0 bridgehead atoms. The van der Waals surface area contributed by atoms with Crippen molar-refractivity contribution in [2.24, 2.45) is 16.7 Å². The van der Waals surface area contributed by atoms with Gasteiger partial charge in [0, 0.05) is 57.9 Å². The molecule has 0 aromatic heterocycles. The molecule has 1 N–H and O–H groups in total. The lowest BCUT2D eigenvalue weighted by Gasteiger charge is -2.46. The van der Waals surface area contributed by atoms with E-state index in [2.05, 4.69) is 135 Å². The second-order valence-corrected chi connectivity index (χ2v) is 28.4. The summed E-state index contributed by atoms with van der Waals surface area (Å²) in [6, 6.07) is 0. The van der Waals surface area contributed by atoms with Gasteiger partial charge in [-0.3, -0.25) is 4.90 Å². The number of piperidine rings is 3. The molecule has 4 aliphatic rings. The van der Waals surface area contributed by atoms with Gasteiger partial charge in [0.05, 0.1) is 17.3 Å². The van der Waals surface area contributed by atoms with Crippen LogP contribution in [-0.4, -0.2) is 144 Å². The average Bonchev–Trinajstić information content (AvgIpc) is 3.34. The van der Waals surface area contributed by atoms with E-state index in [0.717, 1.165) is 31.8 Å². The maximum atomic E-state index is 10.7. The number of piperazine rings is 1. The van der Waals surface area contributed by atoms with Crippen LogP contribution in [0.4, 0.5) is 0 Å². The van der Waals surface area contributed by atoms with E-state index < -0.39 is 5.60 Å². The summed E-state index contributed by atoms with van der Waals surface area (Å²) in [5.41, 5.74) is 0.453. The van der Waals surface area contributed by atoms with Crippen molar-refractivity contribution in [3.05, 3.63) is 0 Å². The van der Waals surface area contributed by atoms with Crippen LogP contribution < -0.4 is 0 Å². The number of likely N-dealkylation sites (tertiary alicyclic amines) is 3. The zero-order chi connectivity index (χ0) is 55.4. The molecule has 0 radical (unpaired) electrons.